The Labute approximate surface area is 109 Å². The van der Waals surface area contributed by atoms with Gasteiger partial charge in [-0.15, -0.1) is 0 Å². The van der Waals surface area contributed by atoms with Crippen LogP contribution in [-0.4, -0.2) is 18.4 Å². The largest absolute Gasteiger partial charge is 0.355 e. The second kappa shape index (κ2) is 5.77. The van der Waals surface area contributed by atoms with E-state index < -0.39 is 23.5 Å². The number of hydrogen-bond acceptors (Lipinski definition) is 2. The Morgan fingerprint density at radius 3 is 2.95 bits per heavy atom. The van der Waals surface area contributed by atoms with Crippen molar-refractivity contribution in [3.8, 4) is 0 Å². The van der Waals surface area contributed by atoms with E-state index in [1.165, 1.54) is 12.1 Å². The Hall–Kier alpha value is -1.98. The van der Waals surface area contributed by atoms with Crippen LogP contribution in [0.25, 0.3) is 0 Å². The molecule has 6 heteroatoms. The van der Waals surface area contributed by atoms with Crippen LogP contribution in [0.5, 0.6) is 0 Å². The molecule has 2 amide bonds. The van der Waals surface area contributed by atoms with Crippen molar-refractivity contribution in [2.45, 2.75) is 19.4 Å². The van der Waals surface area contributed by atoms with E-state index in [1.807, 2.05) is 0 Å². The van der Waals surface area contributed by atoms with Crippen molar-refractivity contribution < 1.29 is 18.4 Å². The zero-order valence-electron chi connectivity index (χ0n) is 10.2. The molecule has 0 bridgehead atoms. The van der Waals surface area contributed by atoms with Gasteiger partial charge in [-0.25, -0.2) is 8.78 Å². The quantitative estimate of drug-likeness (QED) is 0.807. The van der Waals surface area contributed by atoms with E-state index in [1.54, 1.807) is 0 Å². The van der Waals surface area contributed by atoms with E-state index in [-0.39, 0.29) is 18.0 Å². The summed E-state index contributed by atoms with van der Waals surface area (Å²) in [4.78, 5) is 23.3. The van der Waals surface area contributed by atoms with Crippen LogP contribution in [-0.2, 0) is 16.1 Å². The summed E-state index contributed by atoms with van der Waals surface area (Å²) < 4.78 is 26.3. The molecule has 1 fully saturated rings. The summed E-state index contributed by atoms with van der Waals surface area (Å²) in [6.07, 6.45) is 1.21. The molecule has 1 atom stereocenters. The fourth-order valence-electron chi connectivity index (χ4n) is 2.01. The molecule has 2 rings (SSSR count). The van der Waals surface area contributed by atoms with Gasteiger partial charge >= 0.3 is 0 Å². The lowest BCUT2D eigenvalue weighted by Gasteiger charge is -2.21. The normalized spacial score (nSPS) is 18.8. The Bertz CT molecular complexity index is 505. The van der Waals surface area contributed by atoms with Crippen LogP contribution in [0, 0.1) is 17.6 Å². The molecule has 0 radical (unpaired) electrons. The van der Waals surface area contributed by atoms with Crippen molar-refractivity contribution >= 4 is 11.8 Å². The number of benzene rings is 1. The second-order valence-electron chi connectivity index (χ2n) is 4.42. The second-order valence-corrected chi connectivity index (χ2v) is 4.42. The minimum atomic E-state index is -0.976. The van der Waals surface area contributed by atoms with Crippen molar-refractivity contribution in [2.24, 2.45) is 5.92 Å². The van der Waals surface area contributed by atoms with Gasteiger partial charge in [-0.3, -0.25) is 9.59 Å². The van der Waals surface area contributed by atoms with E-state index in [2.05, 4.69) is 10.6 Å². The standard InChI is InChI=1S/C13H14F2N2O2/c14-10-5-1-3-8(11(10)15)7-17-13(19)9-4-2-6-16-12(9)18/h1,3,5,9H,2,4,6-7H2,(H,16,18)(H,17,19). The molecule has 1 aliphatic rings. The number of rotatable bonds is 3. The summed E-state index contributed by atoms with van der Waals surface area (Å²) in [5, 5.41) is 5.06. The molecule has 1 heterocycles. The lowest BCUT2D eigenvalue weighted by molar-refractivity contribution is -0.136. The Morgan fingerprint density at radius 1 is 1.42 bits per heavy atom. The van der Waals surface area contributed by atoms with Crippen LogP contribution in [0.2, 0.25) is 0 Å². The molecule has 1 unspecified atom stereocenters. The number of carbonyl (C=O) groups is 2. The molecule has 0 aliphatic carbocycles. The lowest BCUT2D eigenvalue weighted by Crippen LogP contribution is -2.44. The molecule has 1 aromatic carbocycles. The molecule has 1 aromatic rings. The molecule has 4 nitrogen and oxygen atoms in total. The van der Waals surface area contributed by atoms with Crippen LogP contribution in [0.4, 0.5) is 8.78 Å². The van der Waals surface area contributed by atoms with E-state index in [0.29, 0.717) is 13.0 Å². The number of halogens is 2. The van der Waals surface area contributed by atoms with Gasteiger partial charge in [0.2, 0.25) is 11.8 Å². The van der Waals surface area contributed by atoms with Gasteiger partial charge < -0.3 is 10.6 Å². The first-order chi connectivity index (χ1) is 9.09. The smallest absolute Gasteiger partial charge is 0.232 e. The third-order valence-electron chi connectivity index (χ3n) is 3.09. The molecule has 1 saturated heterocycles. The molecular weight excluding hydrogens is 254 g/mol. The summed E-state index contributed by atoms with van der Waals surface area (Å²) in [5.74, 6) is -3.45. The van der Waals surface area contributed by atoms with Crippen molar-refractivity contribution in [3.63, 3.8) is 0 Å². The number of amides is 2. The Morgan fingerprint density at radius 2 is 2.21 bits per heavy atom. The number of hydrogen-bond donors (Lipinski definition) is 2. The number of carbonyl (C=O) groups excluding carboxylic acids is 2. The first-order valence-electron chi connectivity index (χ1n) is 6.08. The minimum Gasteiger partial charge on any atom is -0.355 e. The van der Waals surface area contributed by atoms with Crippen LogP contribution in [0.15, 0.2) is 18.2 Å². The highest BCUT2D eigenvalue weighted by molar-refractivity contribution is 6.00. The summed E-state index contributed by atoms with van der Waals surface area (Å²) >= 11 is 0. The van der Waals surface area contributed by atoms with Crippen LogP contribution >= 0.6 is 0 Å². The van der Waals surface area contributed by atoms with Gasteiger partial charge in [-0.2, -0.15) is 0 Å². The van der Waals surface area contributed by atoms with E-state index in [4.69, 9.17) is 0 Å². The Kier molecular flexibility index (Phi) is 4.09. The molecule has 102 valence electrons. The average Bonchev–Trinajstić information content (AvgIpc) is 2.40. The topological polar surface area (TPSA) is 58.2 Å². The maximum Gasteiger partial charge on any atom is 0.232 e. The van der Waals surface area contributed by atoms with Crippen LogP contribution in [0.3, 0.4) is 0 Å². The highest BCUT2D eigenvalue weighted by Crippen LogP contribution is 2.13. The molecule has 0 spiro atoms. The van der Waals surface area contributed by atoms with Crippen molar-refractivity contribution in [1.29, 1.82) is 0 Å². The zero-order chi connectivity index (χ0) is 13.8. The predicted molar refractivity (Wildman–Crippen MR) is 63.9 cm³/mol. The van der Waals surface area contributed by atoms with E-state index in [0.717, 1.165) is 12.5 Å². The molecule has 1 aliphatic heterocycles. The number of piperidine rings is 1. The van der Waals surface area contributed by atoms with E-state index >= 15 is 0 Å². The van der Waals surface area contributed by atoms with Gasteiger partial charge in [0.25, 0.3) is 0 Å². The van der Waals surface area contributed by atoms with Crippen LogP contribution < -0.4 is 10.6 Å². The first kappa shape index (κ1) is 13.5. The molecule has 0 saturated carbocycles. The lowest BCUT2D eigenvalue weighted by atomic mass is 9.98. The monoisotopic (exact) mass is 268 g/mol. The van der Waals surface area contributed by atoms with Crippen molar-refractivity contribution in [3.05, 3.63) is 35.4 Å². The highest BCUT2D eigenvalue weighted by atomic mass is 19.2. The summed E-state index contributed by atoms with van der Waals surface area (Å²) in [7, 11) is 0. The zero-order valence-corrected chi connectivity index (χ0v) is 10.2. The van der Waals surface area contributed by atoms with Gasteiger partial charge in [0.15, 0.2) is 11.6 Å². The number of nitrogens with one attached hydrogen (secondary N) is 2. The van der Waals surface area contributed by atoms with Crippen molar-refractivity contribution in [2.75, 3.05) is 6.54 Å². The fraction of sp³-hybridized carbons (Fsp3) is 0.385. The first-order valence-corrected chi connectivity index (χ1v) is 6.08. The summed E-state index contributed by atoms with van der Waals surface area (Å²) in [6, 6.07) is 3.77. The molecular formula is C13H14F2N2O2. The fourth-order valence-corrected chi connectivity index (χ4v) is 2.01. The highest BCUT2D eigenvalue weighted by Gasteiger charge is 2.28. The average molecular weight is 268 g/mol. The van der Waals surface area contributed by atoms with E-state index in [9.17, 15) is 18.4 Å². The molecule has 2 N–H and O–H groups in total. The maximum atomic E-state index is 13.4. The third-order valence-corrected chi connectivity index (χ3v) is 3.09. The third kappa shape index (κ3) is 3.07. The Balaban J connectivity index is 1.96. The molecule has 0 aromatic heterocycles. The maximum absolute atomic E-state index is 13.4. The molecule has 19 heavy (non-hydrogen) atoms. The van der Waals surface area contributed by atoms with Crippen LogP contribution in [0.1, 0.15) is 18.4 Å². The van der Waals surface area contributed by atoms with Crippen molar-refractivity contribution in [1.82, 2.24) is 10.6 Å². The summed E-state index contributed by atoms with van der Waals surface area (Å²) in [6.45, 7) is 0.438. The van der Waals surface area contributed by atoms with Gasteiger partial charge in [0, 0.05) is 18.7 Å². The van der Waals surface area contributed by atoms with Gasteiger partial charge in [-0.05, 0) is 18.9 Å². The summed E-state index contributed by atoms with van der Waals surface area (Å²) in [5.41, 5.74) is 0.0598. The predicted octanol–water partition coefficient (Wildman–Crippen LogP) is 1.11. The van der Waals surface area contributed by atoms with Gasteiger partial charge in [-0.1, -0.05) is 12.1 Å². The van der Waals surface area contributed by atoms with Gasteiger partial charge in [0.1, 0.15) is 5.92 Å². The minimum absolute atomic E-state index is 0.0598. The van der Waals surface area contributed by atoms with Gasteiger partial charge in [0.05, 0.1) is 0 Å². The SMILES string of the molecule is O=C1NCCCC1C(=O)NCc1cccc(F)c1F.